The molecule has 1 aliphatic heterocycles. The zero-order chi connectivity index (χ0) is 30.5. The van der Waals surface area contributed by atoms with Gasteiger partial charge in [-0.3, -0.25) is 33.6 Å². The molecule has 4 amide bonds. The molecule has 39 heavy (non-hydrogen) atoms. The lowest BCUT2D eigenvalue weighted by Gasteiger charge is -2.27. The molecule has 0 aliphatic carbocycles. The van der Waals surface area contributed by atoms with Gasteiger partial charge in [0.2, 0.25) is 0 Å². The van der Waals surface area contributed by atoms with Gasteiger partial charge in [0.25, 0.3) is 23.6 Å². The number of hydrogen-bond donors (Lipinski definition) is 1. The van der Waals surface area contributed by atoms with E-state index in [0.29, 0.717) is 11.5 Å². The van der Waals surface area contributed by atoms with E-state index in [9.17, 15) is 28.8 Å². The van der Waals surface area contributed by atoms with Crippen LogP contribution in [0.1, 0.15) is 40.0 Å². The summed E-state index contributed by atoms with van der Waals surface area (Å²) in [5, 5.41) is 0.596. The summed E-state index contributed by atoms with van der Waals surface area (Å²) in [5.41, 5.74) is 4.50. The van der Waals surface area contributed by atoms with E-state index < -0.39 is 42.6 Å². The van der Waals surface area contributed by atoms with Crippen molar-refractivity contribution in [3.8, 4) is 0 Å². The molecule has 2 unspecified atom stereocenters. The van der Waals surface area contributed by atoms with E-state index >= 15 is 0 Å². The zero-order valence-corrected chi connectivity index (χ0v) is 24.2. The second kappa shape index (κ2) is 22.0. The summed E-state index contributed by atoms with van der Waals surface area (Å²) in [6, 6.07) is 0. The van der Waals surface area contributed by atoms with Crippen molar-refractivity contribution in [2.75, 3.05) is 68.4 Å². The normalized spacial score (nSPS) is 13.9. The van der Waals surface area contributed by atoms with Crippen LogP contribution in [-0.2, 0) is 52.6 Å². The fraction of sp³-hybridized carbons (Fsp3) is 0.750. The number of hydrogen-bond acceptors (Lipinski definition) is 12. The maximum absolute atomic E-state index is 11.9. The number of amides is 4. The quantitative estimate of drug-likeness (QED) is 0.180. The number of ether oxygens (including phenoxy) is 4. The highest BCUT2D eigenvalue weighted by atomic mass is 16.7. The number of methoxy groups -OCH3 is 4. The van der Waals surface area contributed by atoms with Crippen molar-refractivity contribution in [2.24, 2.45) is 5.73 Å². The van der Waals surface area contributed by atoms with Crippen LogP contribution in [0.2, 0.25) is 0 Å². The standard InChI is InChI=1S/C13H20N2O7.C10H19NO4.CH5N/c1-9(21-3)14(13(19)8-20-2)6-10(16)7-22-15-11(17)4-5-12(15)18;1-5-9(12)6-11(8(2)15-4)10(13)7-14-3;1-2/h9H,4-8H2,1-3H3;8H,5-7H2,1-4H3;2H2,1H3. The fourth-order valence-electron chi connectivity index (χ4n) is 2.88. The Morgan fingerprint density at radius 2 is 1.15 bits per heavy atom. The Bertz CT molecular complexity index is 778. The molecule has 1 heterocycles. The number of Topliss-reactive ketones (excluding diaryl/α,β-unsaturated/α-hetero) is 2. The summed E-state index contributed by atoms with van der Waals surface area (Å²) in [6.07, 6.45) is -0.476. The van der Waals surface area contributed by atoms with Crippen molar-refractivity contribution in [2.45, 2.75) is 52.5 Å². The number of hydroxylamine groups is 2. The van der Waals surface area contributed by atoms with Gasteiger partial charge in [0, 0.05) is 47.7 Å². The molecular formula is C24H44N4O11. The van der Waals surface area contributed by atoms with Gasteiger partial charge < -0.3 is 34.5 Å². The van der Waals surface area contributed by atoms with Gasteiger partial charge in [0.05, 0.1) is 13.1 Å². The molecule has 1 fully saturated rings. The molecule has 15 nitrogen and oxygen atoms in total. The molecule has 2 N–H and O–H groups in total. The highest BCUT2D eigenvalue weighted by Crippen LogP contribution is 2.12. The van der Waals surface area contributed by atoms with Gasteiger partial charge in [-0.05, 0) is 20.9 Å². The van der Waals surface area contributed by atoms with E-state index in [2.05, 4.69) is 5.73 Å². The van der Waals surface area contributed by atoms with Crippen LogP contribution in [0, 0.1) is 0 Å². The first-order chi connectivity index (χ1) is 18.5. The number of nitrogens with zero attached hydrogens (tertiary/aromatic N) is 3. The van der Waals surface area contributed by atoms with Crippen LogP contribution in [-0.4, -0.2) is 131 Å². The monoisotopic (exact) mass is 564 g/mol. The number of rotatable bonds is 16. The molecule has 0 saturated carbocycles. The van der Waals surface area contributed by atoms with Crippen molar-refractivity contribution in [1.29, 1.82) is 0 Å². The van der Waals surface area contributed by atoms with Gasteiger partial charge >= 0.3 is 0 Å². The predicted octanol–water partition coefficient (Wildman–Crippen LogP) is -0.889. The molecular weight excluding hydrogens is 520 g/mol. The van der Waals surface area contributed by atoms with E-state index in [1.54, 1.807) is 20.8 Å². The zero-order valence-electron chi connectivity index (χ0n) is 24.2. The Labute approximate surface area is 229 Å². The Morgan fingerprint density at radius 3 is 1.49 bits per heavy atom. The number of ketones is 2. The predicted molar refractivity (Wildman–Crippen MR) is 138 cm³/mol. The summed E-state index contributed by atoms with van der Waals surface area (Å²) < 4.78 is 19.5. The Balaban J connectivity index is 0. The number of carbonyl (C=O) groups excluding carboxylic acids is 6. The Kier molecular flexibility index (Phi) is 21.7. The van der Waals surface area contributed by atoms with Gasteiger partial charge in [-0.1, -0.05) is 6.92 Å². The molecule has 1 saturated heterocycles. The molecule has 0 bridgehead atoms. The molecule has 0 spiro atoms. The van der Waals surface area contributed by atoms with Crippen molar-refractivity contribution in [3.05, 3.63) is 0 Å². The average molecular weight is 565 g/mol. The highest BCUT2D eigenvalue weighted by molar-refractivity contribution is 6.00. The third kappa shape index (κ3) is 14.8. The SMILES string of the molecule is CCC(=O)CN(C(=O)COC)C(C)OC.CN.COCC(=O)N(CC(=O)CON1C(=O)CCC1=O)C(C)OC. The Hall–Kier alpha value is -2.82. The van der Waals surface area contributed by atoms with Gasteiger partial charge in [0.15, 0.2) is 11.6 Å². The third-order valence-electron chi connectivity index (χ3n) is 5.18. The summed E-state index contributed by atoms with van der Waals surface area (Å²) in [5.74, 6) is -2.08. The van der Waals surface area contributed by atoms with E-state index in [1.807, 2.05) is 0 Å². The van der Waals surface area contributed by atoms with Crippen molar-refractivity contribution < 1.29 is 52.6 Å². The fourth-order valence-corrected chi connectivity index (χ4v) is 2.88. The van der Waals surface area contributed by atoms with Crippen molar-refractivity contribution >= 4 is 35.2 Å². The first-order valence-corrected chi connectivity index (χ1v) is 12.2. The van der Waals surface area contributed by atoms with Gasteiger partial charge in [-0.15, -0.1) is 0 Å². The summed E-state index contributed by atoms with van der Waals surface area (Å²) in [6.45, 7) is 4.19. The highest BCUT2D eigenvalue weighted by Gasteiger charge is 2.31. The molecule has 1 rings (SSSR count). The molecule has 226 valence electrons. The molecule has 15 heteroatoms. The maximum Gasteiger partial charge on any atom is 0.254 e. The molecule has 2 atom stereocenters. The summed E-state index contributed by atoms with van der Waals surface area (Å²) >= 11 is 0. The lowest BCUT2D eigenvalue weighted by atomic mass is 10.3. The largest absolute Gasteiger partial charge is 0.375 e. The first-order valence-electron chi connectivity index (χ1n) is 12.2. The molecule has 0 aromatic heterocycles. The molecule has 0 aromatic carbocycles. The Morgan fingerprint density at radius 1 is 0.769 bits per heavy atom. The van der Waals surface area contributed by atoms with E-state index in [1.165, 1.54) is 45.3 Å². The van der Waals surface area contributed by atoms with Gasteiger partial charge in [-0.2, -0.15) is 5.06 Å². The lowest BCUT2D eigenvalue weighted by molar-refractivity contribution is -0.189. The third-order valence-corrected chi connectivity index (χ3v) is 5.18. The van der Waals surface area contributed by atoms with Crippen LogP contribution in [0.3, 0.4) is 0 Å². The average Bonchev–Trinajstić information content (AvgIpc) is 3.26. The molecule has 1 aliphatic rings. The van der Waals surface area contributed by atoms with Crippen LogP contribution in [0.25, 0.3) is 0 Å². The second-order valence-corrected chi connectivity index (χ2v) is 7.87. The van der Waals surface area contributed by atoms with Crippen LogP contribution in [0.4, 0.5) is 0 Å². The van der Waals surface area contributed by atoms with Crippen LogP contribution in [0.15, 0.2) is 0 Å². The summed E-state index contributed by atoms with van der Waals surface area (Å²) in [7, 11) is 7.20. The number of nitrogens with two attached hydrogens (primary N) is 1. The molecule has 0 radical (unpaired) electrons. The maximum atomic E-state index is 11.9. The minimum atomic E-state index is -0.623. The minimum absolute atomic E-state index is 0.00310. The second-order valence-electron chi connectivity index (χ2n) is 7.87. The first kappa shape index (κ1) is 38.3. The topological polar surface area (TPSA) is 184 Å². The molecule has 0 aromatic rings. The smallest absolute Gasteiger partial charge is 0.254 e. The number of imide groups is 1. The van der Waals surface area contributed by atoms with Gasteiger partial charge in [0.1, 0.15) is 32.3 Å². The number of carbonyl (C=O) groups is 6. The lowest BCUT2D eigenvalue weighted by Crippen LogP contribution is -2.45. The van der Waals surface area contributed by atoms with Crippen LogP contribution in [0.5, 0.6) is 0 Å². The van der Waals surface area contributed by atoms with Crippen molar-refractivity contribution in [3.63, 3.8) is 0 Å². The van der Waals surface area contributed by atoms with Gasteiger partial charge in [-0.25, -0.2) is 0 Å². The van der Waals surface area contributed by atoms with Crippen LogP contribution < -0.4 is 5.73 Å². The minimum Gasteiger partial charge on any atom is -0.375 e. The van der Waals surface area contributed by atoms with E-state index in [4.69, 9.17) is 23.8 Å². The summed E-state index contributed by atoms with van der Waals surface area (Å²) in [4.78, 5) is 76.7. The van der Waals surface area contributed by atoms with E-state index in [-0.39, 0.29) is 50.8 Å². The van der Waals surface area contributed by atoms with Crippen LogP contribution >= 0.6 is 0 Å². The van der Waals surface area contributed by atoms with E-state index in [0.717, 1.165) is 0 Å². The van der Waals surface area contributed by atoms with Crippen molar-refractivity contribution in [1.82, 2.24) is 14.9 Å².